The van der Waals surface area contributed by atoms with Crippen molar-refractivity contribution in [1.82, 2.24) is 4.98 Å². The standard InChI is InChI=1S/C12H10F2N2/c13-10-1-2-12(8(3-10)5-15)9-4-11(14)7-16-6-9/h1-4,6-7H,5,15H2. The van der Waals surface area contributed by atoms with Crippen LogP contribution in [-0.4, -0.2) is 4.98 Å². The van der Waals surface area contributed by atoms with Gasteiger partial charge in [0.05, 0.1) is 6.20 Å². The molecule has 0 atom stereocenters. The topological polar surface area (TPSA) is 38.9 Å². The van der Waals surface area contributed by atoms with Gasteiger partial charge in [-0.1, -0.05) is 6.07 Å². The Morgan fingerprint density at radius 2 is 1.88 bits per heavy atom. The Hall–Kier alpha value is -1.81. The van der Waals surface area contributed by atoms with Gasteiger partial charge in [-0.2, -0.15) is 0 Å². The number of hydrogen-bond acceptors (Lipinski definition) is 2. The van der Waals surface area contributed by atoms with Crippen LogP contribution in [0.5, 0.6) is 0 Å². The van der Waals surface area contributed by atoms with E-state index >= 15 is 0 Å². The fourth-order valence-corrected chi connectivity index (χ4v) is 1.57. The summed E-state index contributed by atoms with van der Waals surface area (Å²) in [5.41, 5.74) is 7.45. The van der Waals surface area contributed by atoms with Gasteiger partial charge in [-0.05, 0) is 29.3 Å². The number of hydrogen-bond donors (Lipinski definition) is 1. The van der Waals surface area contributed by atoms with Crippen LogP contribution in [0, 0.1) is 11.6 Å². The fourth-order valence-electron chi connectivity index (χ4n) is 1.57. The van der Waals surface area contributed by atoms with Crippen molar-refractivity contribution in [2.75, 3.05) is 0 Å². The molecule has 0 unspecified atom stereocenters. The zero-order valence-corrected chi connectivity index (χ0v) is 8.45. The molecule has 1 aromatic heterocycles. The monoisotopic (exact) mass is 220 g/mol. The van der Waals surface area contributed by atoms with Crippen LogP contribution in [0.4, 0.5) is 8.78 Å². The Kier molecular flexibility index (Phi) is 2.92. The molecule has 0 aliphatic carbocycles. The van der Waals surface area contributed by atoms with Gasteiger partial charge >= 0.3 is 0 Å². The number of nitrogens with two attached hydrogens (primary N) is 1. The van der Waals surface area contributed by atoms with Crippen molar-refractivity contribution in [2.45, 2.75) is 6.54 Å². The highest BCUT2D eigenvalue weighted by Gasteiger charge is 2.06. The van der Waals surface area contributed by atoms with Crippen LogP contribution in [0.25, 0.3) is 11.1 Å². The first kappa shape index (κ1) is 10.7. The third-order valence-electron chi connectivity index (χ3n) is 2.30. The molecule has 0 amide bonds. The number of nitrogens with zero attached hydrogens (tertiary/aromatic N) is 1. The van der Waals surface area contributed by atoms with Crippen molar-refractivity contribution >= 4 is 0 Å². The van der Waals surface area contributed by atoms with Crippen molar-refractivity contribution < 1.29 is 8.78 Å². The molecule has 2 rings (SSSR count). The van der Waals surface area contributed by atoms with Gasteiger partial charge in [0, 0.05) is 18.3 Å². The summed E-state index contributed by atoms with van der Waals surface area (Å²) in [5.74, 6) is -0.779. The molecule has 1 aromatic carbocycles. The van der Waals surface area contributed by atoms with E-state index in [1.54, 1.807) is 6.07 Å². The van der Waals surface area contributed by atoms with Gasteiger partial charge in [0.1, 0.15) is 11.6 Å². The van der Waals surface area contributed by atoms with Gasteiger partial charge < -0.3 is 5.73 Å². The van der Waals surface area contributed by atoms with Gasteiger partial charge in [0.15, 0.2) is 0 Å². The maximum absolute atomic E-state index is 13.0. The van der Waals surface area contributed by atoms with E-state index in [0.29, 0.717) is 16.7 Å². The van der Waals surface area contributed by atoms with Crippen LogP contribution in [0.15, 0.2) is 36.7 Å². The molecule has 1 heterocycles. The Morgan fingerprint density at radius 3 is 2.56 bits per heavy atom. The van der Waals surface area contributed by atoms with Gasteiger partial charge in [-0.25, -0.2) is 8.78 Å². The maximum atomic E-state index is 13.0. The third-order valence-corrected chi connectivity index (χ3v) is 2.30. The van der Waals surface area contributed by atoms with Crippen molar-refractivity contribution in [3.05, 3.63) is 53.9 Å². The Morgan fingerprint density at radius 1 is 1.06 bits per heavy atom. The number of pyridine rings is 1. The molecule has 0 radical (unpaired) electrons. The molecule has 82 valence electrons. The smallest absolute Gasteiger partial charge is 0.142 e. The van der Waals surface area contributed by atoms with E-state index in [9.17, 15) is 8.78 Å². The molecule has 0 fully saturated rings. The first-order chi connectivity index (χ1) is 7.70. The lowest BCUT2D eigenvalue weighted by molar-refractivity contribution is 0.621. The van der Waals surface area contributed by atoms with Gasteiger partial charge in [-0.3, -0.25) is 4.98 Å². The van der Waals surface area contributed by atoms with Gasteiger partial charge in [-0.15, -0.1) is 0 Å². The number of aromatic nitrogens is 1. The summed E-state index contributed by atoms with van der Waals surface area (Å²) >= 11 is 0. The van der Waals surface area contributed by atoms with Crippen molar-refractivity contribution in [3.63, 3.8) is 0 Å². The second-order valence-electron chi connectivity index (χ2n) is 3.40. The second-order valence-corrected chi connectivity index (χ2v) is 3.40. The Labute approximate surface area is 91.7 Å². The lowest BCUT2D eigenvalue weighted by Crippen LogP contribution is -2.00. The van der Waals surface area contributed by atoms with Crippen LogP contribution in [0.2, 0.25) is 0 Å². The summed E-state index contributed by atoms with van der Waals surface area (Å²) in [7, 11) is 0. The molecular formula is C12H10F2N2. The molecule has 4 heteroatoms. The van der Waals surface area contributed by atoms with E-state index < -0.39 is 5.82 Å². The molecule has 2 N–H and O–H groups in total. The lowest BCUT2D eigenvalue weighted by Gasteiger charge is -2.07. The third kappa shape index (κ3) is 2.06. The van der Waals surface area contributed by atoms with Crippen LogP contribution in [0.3, 0.4) is 0 Å². The number of halogens is 2. The summed E-state index contributed by atoms with van der Waals surface area (Å²) in [5, 5.41) is 0. The van der Waals surface area contributed by atoms with E-state index in [2.05, 4.69) is 4.98 Å². The minimum atomic E-state index is -0.426. The van der Waals surface area contributed by atoms with E-state index in [1.165, 1.54) is 24.4 Å². The minimum absolute atomic E-state index is 0.198. The molecule has 16 heavy (non-hydrogen) atoms. The molecule has 2 nitrogen and oxygen atoms in total. The van der Waals surface area contributed by atoms with E-state index in [4.69, 9.17) is 5.73 Å². The lowest BCUT2D eigenvalue weighted by atomic mass is 10.0. The molecule has 0 saturated heterocycles. The zero-order chi connectivity index (χ0) is 11.5. The molecule has 2 aromatic rings. The largest absolute Gasteiger partial charge is 0.326 e. The number of rotatable bonds is 2. The van der Waals surface area contributed by atoms with Gasteiger partial charge in [0.2, 0.25) is 0 Å². The minimum Gasteiger partial charge on any atom is -0.326 e. The Balaban J connectivity index is 2.55. The van der Waals surface area contributed by atoms with Crippen molar-refractivity contribution in [1.29, 1.82) is 0 Å². The molecule has 0 bridgehead atoms. The molecule has 0 aliphatic rings. The van der Waals surface area contributed by atoms with Crippen molar-refractivity contribution in [2.24, 2.45) is 5.73 Å². The summed E-state index contributed by atoms with van der Waals surface area (Å²) in [6.07, 6.45) is 2.64. The Bertz CT molecular complexity index is 512. The molecule has 0 saturated carbocycles. The van der Waals surface area contributed by atoms with Crippen LogP contribution < -0.4 is 5.73 Å². The summed E-state index contributed by atoms with van der Waals surface area (Å²) in [6, 6.07) is 5.59. The summed E-state index contributed by atoms with van der Waals surface area (Å²) < 4.78 is 26.0. The van der Waals surface area contributed by atoms with Crippen molar-refractivity contribution in [3.8, 4) is 11.1 Å². The quantitative estimate of drug-likeness (QED) is 0.844. The van der Waals surface area contributed by atoms with E-state index in [-0.39, 0.29) is 12.4 Å². The second kappa shape index (κ2) is 4.37. The molecule has 0 spiro atoms. The predicted octanol–water partition coefficient (Wildman–Crippen LogP) is 2.49. The highest BCUT2D eigenvalue weighted by atomic mass is 19.1. The number of benzene rings is 1. The highest BCUT2D eigenvalue weighted by Crippen LogP contribution is 2.24. The highest BCUT2D eigenvalue weighted by molar-refractivity contribution is 5.66. The van der Waals surface area contributed by atoms with Crippen LogP contribution >= 0.6 is 0 Å². The first-order valence-corrected chi connectivity index (χ1v) is 4.80. The van der Waals surface area contributed by atoms with Gasteiger partial charge in [0.25, 0.3) is 0 Å². The molecule has 0 aliphatic heterocycles. The summed E-state index contributed by atoms with van der Waals surface area (Å²) in [6.45, 7) is 0.198. The predicted molar refractivity (Wildman–Crippen MR) is 57.5 cm³/mol. The average Bonchev–Trinajstić information content (AvgIpc) is 2.28. The summed E-state index contributed by atoms with van der Waals surface area (Å²) in [4.78, 5) is 3.75. The van der Waals surface area contributed by atoms with E-state index in [1.807, 2.05) is 0 Å². The average molecular weight is 220 g/mol. The zero-order valence-electron chi connectivity index (χ0n) is 8.45. The van der Waals surface area contributed by atoms with Crippen LogP contribution in [-0.2, 0) is 6.54 Å². The SMILES string of the molecule is NCc1cc(F)ccc1-c1cncc(F)c1. The van der Waals surface area contributed by atoms with E-state index in [0.717, 1.165) is 6.20 Å². The maximum Gasteiger partial charge on any atom is 0.142 e. The first-order valence-electron chi connectivity index (χ1n) is 4.80. The fraction of sp³-hybridized carbons (Fsp3) is 0.0833. The van der Waals surface area contributed by atoms with Crippen LogP contribution in [0.1, 0.15) is 5.56 Å². The normalized spacial score (nSPS) is 10.4. The molecular weight excluding hydrogens is 210 g/mol.